The number of hydrogen-bond acceptors (Lipinski definition) is 0. The van der Waals surface area contributed by atoms with E-state index in [1.54, 1.807) is 0 Å². The summed E-state index contributed by atoms with van der Waals surface area (Å²) in [5.41, 5.74) is 0. The predicted molar refractivity (Wildman–Crippen MR) is 76.0 cm³/mol. The average molecular weight is 303 g/mol. The maximum atomic E-state index is 5.64. The molecular weight excluding hydrogens is 280 g/mol. The quantitative estimate of drug-likeness (QED) is 0.571. The molecule has 0 fully saturated rings. The van der Waals surface area contributed by atoms with E-state index in [0.29, 0.717) is 15.8 Å². The molecule has 1 aliphatic rings. The standard InChI is InChI=1S/C5H4Cl.2C3H9P.V/c6-5-3-1-2-4-5;2*1-4(2)3;/h1,3H,2H2;2*1-3H3;. The number of halogens is 1. The van der Waals surface area contributed by atoms with Crippen LogP contribution in [0.3, 0.4) is 0 Å². The van der Waals surface area contributed by atoms with Crippen molar-refractivity contribution in [3.63, 3.8) is 0 Å². The Morgan fingerprint density at radius 2 is 1.40 bits per heavy atom. The SMILES string of the molecule is CP(C)C.CP(C)C.ClC1=[C]([V])CC=C1. The Balaban J connectivity index is 0. The summed E-state index contributed by atoms with van der Waals surface area (Å²) in [6.07, 6.45) is 4.99. The minimum absolute atomic E-state index is 0.380. The van der Waals surface area contributed by atoms with E-state index in [1.807, 2.05) is 6.08 Å². The summed E-state index contributed by atoms with van der Waals surface area (Å²) in [6.45, 7) is 13.4. The maximum absolute atomic E-state index is 5.64. The first-order chi connectivity index (χ1) is 6.77. The third kappa shape index (κ3) is 21.1. The Hall–Kier alpha value is 1.21. The van der Waals surface area contributed by atoms with Gasteiger partial charge in [0.1, 0.15) is 0 Å². The fourth-order valence-corrected chi connectivity index (χ4v) is 0.915. The van der Waals surface area contributed by atoms with Gasteiger partial charge in [0.25, 0.3) is 0 Å². The van der Waals surface area contributed by atoms with Gasteiger partial charge in [-0.2, -0.15) is 0 Å². The first-order valence-electron chi connectivity index (χ1n) is 4.73. The normalized spacial score (nSPS) is 13.7. The second-order valence-electron chi connectivity index (χ2n) is 4.08. The van der Waals surface area contributed by atoms with Crippen LogP contribution in [0.1, 0.15) is 6.42 Å². The van der Waals surface area contributed by atoms with Gasteiger partial charge in [-0.1, -0.05) is 0 Å². The molecule has 1 rings (SSSR count). The fraction of sp³-hybridized carbons (Fsp3) is 0.636. The molecule has 0 aromatic rings. The Labute approximate surface area is 112 Å². The molecule has 0 aromatic heterocycles. The van der Waals surface area contributed by atoms with Crippen molar-refractivity contribution in [2.75, 3.05) is 40.0 Å². The van der Waals surface area contributed by atoms with Crippen molar-refractivity contribution in [3.8, 4) is 0 Å². The van der Waals surface area contributed by atoms with Crippen molar-refractivity contribution in [2.24, 2.45) is 0 Å². The fourth-order valence-electron chi connectivity index (χ4n) is 0.468. The van der Waals surface area contributed by atoms with Gasteiger partial charge >= 0.3 is 56.9 Å². The summed E-state index contributed by atoms with van der Waals surface area (Å²) in [6, 6.07) is 0. The molecule has 15 heavy (non-hydrogen) atoms. The molecule has 0 saturated carbocycles. The van der Waals surface area contributed by atoms with Gasteiger partial charge in [0.05, 0.1) is 0 Å². The second-order valence-corrected chi connectivity index (χ2v) is 10.7. The monoisotopic (exact) mass is 302 g/mol. The van der Waals surface area contributed by atoms with Crippen molar-refractivity contribution in [3.05, 3.63) is 21.5 Å². The molecule has 0 bridgehead atoms. The van der Waals surface area contributed by atoms with Crippen LogP contribution in [0.5, 0.6) is 0 Å². The molecule has 0 aromatic carbocycles. The van der Waals surface area contributed by atoms with Crippen LogP contribution in [0.25, 0.3) is 0 Å². The Morgan fingerprint density at radius 3 is 1.47 bits per heavy atom. The number of allylic oxidation sites excluding steroid dienone is 4. The molecule has 0 spiro atoms. The van der Waals surface area contributed by atoms with Crippen molar-refractivity contribution in [2.45, 2.75) is 6.42 Å². The van der Waals surface area contributed by atoms with E-state index in [0.717, 1.165) is 11.5 Å². The average Bonchev–Trinajstić information content (AvgIpc) is 2.33. The molecule has 0 saturated heterocycles. The minimum atomic E-state index is 0.380. The zero-order valence-corrected chi connectivity index (χ0v) is 14.5. The third-order valence-electron chi connectivity index (χ3n) is 0.851. The van der Waals surface area contributed by atoms with E-state index < -0.39 is 0 Å². The molecule has 0 heterocycles. The summed E-state index contributed by atoms with van der Waals surface area (Å²) < 4.78 is 1.22. The van der Waals surface area contributed by atoms with E-state index in [2.05, 4.69) is 63.5 Å². The van der Waals surface area contributed by atoms with Gasteiger partial charge < -0.3 is 0 Å². The molecule has 0 N–H and O–H groups in total. The molecule has 0 amide bonds. The Morgan fingerprint density at radius 1 is 1.07 bits per heavy atom. The van der Waals surface area contributed by atoms with Crippen LogP contribution in [0.4, 0.5) is 0 Å². The first kappa shape index (κ1) is 18.6. The molecule has 4 heteroatoms. The summed E-state index contributed by atoms with van der Waals surface area (Å²) in [5.74, 6) is 0. The van der Waals surface area contributed by atoms with E-state index in [9.17, 15) is 0 Å². The van der Waals surface area contributed by atoms with Crippen molar-refractivity contribution < 1.29 is 17.4 Å². The predicted octanol–water partition coefficient (Wildman–Crippen LogP) is 4.66. The van der Waals surface area contributed by atoms with E-state index in [4.69, 9.17) is 11.6 Å². The van der Waals surface area contributed by atoms with E-state index in [-0.39, 0.29) is 0 Å². The number of hydrogen-bond donors (Lipinski definition) is 0. The summed E-state index contributed by atoms with van der Waals surface area (Å²) >= 11 is 8.10. The molecule has 0 unspecified atom stereocenters. The third-order valence-corrected chi connectivity index (χ3v) is 2.08. The molecule has 0 nitrogen and oxygen atoms in total. The van der Waals surface area contributed by atoms with Gasteiger partial charge in [-0.25, -0.2) is 0 Å². The van der Waals surface area contributed by atoms with Crippen molar-refractivity contribution >= 4 is 27.4 Å². The molecule has 0 atom stereocenters. The molecular formula is C11H22ClP2V. The molecule has 1 aliphatic carbocycles. The van der Waals surface area contributed by atoms with E-state index in [1.165, 1.54) is 4.28 Å². The summed E-state index contributed by atoms with van der Waals surface area (Å²) in [7, 11) is 0.759. The van der Waals surface area contributed by atoms with Gasteiger partial charge in [0, 0.05) is 0 Å². The first-order valence-corrected chi connectivity index (χ1v) is 11.2. The molecule has 0 radical (unpaired) electrons. The van der Waals surface area contributed by atoms with Gasteiger partial charge in [0.2, 0.25) is 0 Å². The van der Waals surface area contributed by atoms with Gasteiger partial charge in [-0.05, 0) is 40.0 Å². The van der Waals surface area contributed by atoms with Crippen LogP contribution in [0.15, 0.2) is 21.5 Å². The zero-order chi connectivity index (χ0) is 12.4. The van der Waals surface area contributed by atoms with Crippen LogP contribution >= 0.6 is 27.4 Å². The van der Waals surface area contributed by atoms with Crippen molar-refractivity contribution in [1.29, 1.82) is 0 Å². The van der Waals surface area contributed by atoms with Crippen LogP contribution in [0.2, 0.25) is 0 Å². The van der Waals surface area contributed by atoms with Crippen molar-refractivity contribution in [1.82, 2.24) is 0 Å². The molecule has 88 valence electrons. The summed E-state index contributed by atoms with van der Waals surface area (Å²) in [4.78, 5) is 0. The second kappa shape index (κ2) is 11.7. The van der Waals surface area contributed by atoms with E-state index >= 15 is 0 Å². The van der Waals surface area contributed by atoms with Crippen LogP contribution in [-0.4, -0.2) is 40.0 Å². The van der Waals surface area contributed by atoms with Gasteiger partial charge in [0.15, 0.2) is 0 Å². The van der Waals surface area contributed by atoms with Gasteiger partial charge in [-0.15, -0.1) is 15.8 Å². The summed E-state index contributed by atoms with van der Waals surface area (Å²) in [5, 5.41) is 0.889. The zero-order valence-electron chi connectivity index (χ0n) is 10.6. The van der Waals surface area contributed by atoms with Crippen LogP contribution < -0.4 is 0 Å². The number of rotatable bonds is 0. The Kier molecular flexibility index (Phi) is 14.5. The topological polar surface area (TPSA) is 0 Å². The Bertz CT molecular complexity index is 199. The van der Waals surface area contributed by atoms with Crippen LogP contribution in [0, 0.1) is 0 Å². The van der Waals surface area contributed by atoms with Crippen LogP contribution in [-0.2, 0) is 17.4 Å². The molecule has 0 aliphatic heterocycles. The van der Waals surface area contributed by atoms with Gasteiger partial charge in [-0.3, -0.25) is 0 Å².